The summed E-state index contributed by atoms with van der Waals surface area (Å²) < 4.78 is 22.3. The van der Waals surface area contributed by atoms with Crippen molar-refractivity contribution in [2.45, 2.75) is 49.5 Å². The molecule has 4 unspecified atom stereocenters. The number of anilines is 1. The van der Waals surface area contributed by atoms with Crippen molar-refractivity contribution < 1.29 is 28.5 Å². The van der Waals surface area contributed by atoms with Crippen LogP contribution >= 0.6 is 46.4 Å². The number of rotatable bonds is 16. The highest BCUT2D eigenvalue weighted by molar-refractivity contribution is 6.34. The molecular weight excluding hydrogens is 636 g/mol. The number of carbonyl (C=O) groups excluding carboxylic acids is 2. The van der Waals surface area contributed by atoms with Crippen LogP contribution in [0.4, 0.5) is 5.69 Å². The Balaban J connectivity index is 1.80. The number of halogens is 4. The van der Waals surface area contributed by atoms with Crippen LogP contribution in [0.1, 0.15) is 46.0 Å². The van der Waals surface area contributed by atoms with Gasteiger partial charge < -0.3 is 23.8 Å². The van der Waals surface area contributed by atoms with Gasteiger partial charge in [-0.2, -0.15) is 0 Å². The van der Waals surface area contributed by atoms with Gasteiger partial charge in [0, 0.05) is 33.0 Å². The Hall–Kier alpha value is -2.52. The highest BCUT2D eigenvalue weighted by Crippen LogP contribution is 2.25. The van der Waals surface area contributed by atoms with Gasteiger partial charge in [0.25, 0.3) is 0 Å². The van der Waals surface area contributed by atoms with E-state index >= 15 is 0 Å². The summed E-state index contributed by atoms with van der Waals surface area (Å²) in [6, 6.07) is 21.1. The average Bonchev–Trinajstić information content (AvgIpc) is 3.00. The molecule has 7 nitrogen and oxygen atoms in total. The van der Waals surface area contributed by atoms with E-state index in [1.54, 1.807) is 48.5 Å². The molecule has 4 atom stereocenters. The number of aryl methyl sites for hydroxylation is 1. The molecule has 0 aliphatic rings. The van der Waals surface area contributed by atoms with Crippen LogP contribution in [-0.2, 0) is 25.4 Å². The maximum Gasteiger partial charge on any atom is 0.341 e. The van der Waals surface area contributed by atoms with Crippen molar-refractivity contribution in [1.82, 2.24) is 0 Å². The average molecular weight is 671 g/mol. The molecule has 0 aromatic heterocycles. The third-order valence-electron chi connectivity index (χ3n) is 6.74. The summed E-state index contributed by atoms with van der Waals surface area (Å²) in [4.78, 5) is 27.5. The first-order chi connectivity index (χ1) is 20.7. The molecule has 0 amide bonds. The lowest BCUT2D eigenvalue weighted by Gasteiger charge is -2.34. The van der Waals surface area contributed by atoms with Crippen molar-refractivity contribution in [1.29, 1.82) is 0 Å². The van der Waals surface area contributed by atoms with E-state index in [0.29, 0.717) is 0 Å². The van der Waals surface area contributed by atoms with Crippen LogP contribution in [0.25, 0.3) is 0 Å². The highest BCUT2D eigenvalue weighted by Gasteiger charge is 2.31. The number of methoxy groups -OCH3 is 2. The fourth-order valence-corrected chi connectivity index (χ4v) is 5.19. The molecule has 0 aliphatic heterocycles. The molecule has 0 radical (unpaired) electrons. The smallest absolute Gasteiger partial charge is 0.341 e. The van der Waals surface area contributed by atoms with Crippen molar-refractivity contribution >= 4 is 64.0 Å². The number of alkyl halides is 2. The normalized spacial score (nSPS) is 13.9. The summed E-state index contributed by atoms with van der Waals surface area (Å²) in [5.41, 5.74) is 0.0664. The molecule has 43 heavy (non-hydrogen) atoms. The molecule has 0 heterocycles. The highest BCUT2D eigenvalue weighted by atomic mass is 35.5. The van der Waals surface area contributed by atoms with Gasteiger partial charge in [-0.05, 0) is 54.8 Å². The second-order valence-electron chi connectivity index (χ2n) is 9.70. The van der Waals surface area contributed by atoms with Gasteiger partial charge in [-0.25, -0.2) is 9.59 Å². The quantitative estimate of drug-likeness (QED) is 0.113. The molecule has 3 aromatic rings. The van der Waals surface area contributed by atoms with Crippen molar-refractivity contribution in [2.75, 3.05) is 32.2 Å². The van der Waals surface area contributed by atoms with Gasteiger partial charge in [-0.3, -0.25) is 0 Å². The van der Waals surface area contributed by atoms with Crippen LogP contribution in [0.2, 0.25) is 10.0 Å². The fraction of sp³-hybridized carbons (Fsp3) is 0.375. The first kappa shape index (κ1) is 35.0. The van der Waals surface area contributed by atoms with E-state index in [4.69, 9.17) is 65.4 Å². The minimum atomic E-state index is -1.16. The Labute approximate surface area is 272 Å². The third-order valence-corrected chi connectivity index (χ3v) is 8.14. The van der Waals surface area contributed by atoms with Gasteiger partial charge in [0.05, 0.1) is 21.2 Å². The van der Waals surface area contributed by atoms with Crippen LogP contribution in [0, 0.1) is 0 Å². The molecule has 0 fully saturated rings. The summed E-state index contributed by atoms with van der Waals surface area (Å²) in [6.45, 7) is 2.50. The van der Waals surface area contributed by atoms with Crippen molar-refractivity contribution in [3.63, 3.8) is 0 Å². The topological polar surface area (TPSA) is 74.3 Å². The summed E-state index contributed by atoms with van der Waals surface area (Å²) >= 11 is 25.4. The van der Waals surface area contributed by atoms with Gasteiger partial charge in [0.15, 0.2) is 0 Å². The zero-order chi connectivity index (χ0) is 31.4. The number of esters is 2. The minimum Gasteiger partial charge on any atom is -0.439 e. The Morgan fingerprint density at radius 3 is 1.56 bits per heavy atom. The zero-order valence-corrected chi connectivity index (χ0v) is 27.2. The molecule has 0 saturated heterocycles. The lowest BCUT2D eigenvalue weighted by atomic mass is 10.1. The van der Waals surface area contributed by atoms with Gasteiger partial charge in [0.2, 0.25) is 11.1 Å². The number of ether oxygens (including phenoxy) is 4. The van der Waals surface area contributed by atoms with Crippen molar-refractivity contribution in [2.24, 2.45) is 0 Å². The van der Waals surface area contributed by atoms with Crippen LogP contribution in [0.15, 0.2) is 72.8 Å². The van der Waals surface area contributed by atoms with Crippen molar-refractivity contribution in [3.8, 4) is 0 Å². The summed E-state index contributed by atoms with van der Waals surface area (Å²) in [7, 11) is 2.94. The van der Waals surface area contributed by atoms with E-state index in [0.717, 1.165) is 24.9 Å². The zero-order valence-electron chi connectivity index (χ0n) is 24.2. The first-order valence-electron chi connectivity index (χ1n) is 13.8. The van der Waals surface area contributed by atoms with Crippen LogP contribution < -0.4 is 4.90 Å². The summed E-state index contributed by atoms with van der Waals surface area (Å²) in [6.07, 6.45) is 1.58. The molecule has 0 spiro atoms. The summed E-state index contributed by atoms with van der Waals surface area (Å²) in [5, 5.41) is 0.495. The molecule has 11 heteroatoms. The van der Waals surface area contributed by atoms with E-state index in [1.807, 2.05) is 29.2 Å². The van der Waals surface area contributed by atoms with Crippen LogP contribution in [0.3, 0.4) is 0 Å². The van der Waals surface area contributed by atoms with Crippen molar-refractivity contribution in [3.05, 3.63) is 99.5 Å². The number of hydrogen-bond acceptors (Lipinski definition) is 7. The number of unbranched alkanes of at least 4 members (excludes halogenated alkanes) is 1. The van der Waals surface area contributed by atoms with Gasteiger partial charge in [0.1, 0.15) is 12.2 Å². The van der Waals surface area contributed by atoms with E-state index in [-0.39, 0.29) is 34.3 Å². The third kappa shape index (κ3) is 10.3. The maximum absolute atomic E-state index is 12.8. The number of hydrogen-bond donors (Lipinski definition) is 0. The monoisotopic (exact) mass is 669 g/mol. The van der Waals surface area contributed by atoms with Gasteiger partial charge >= 0.3 is 11.9 Å². The fourth-order valence-electron chi connectivity index (χ4n) is 4.24. The second kappa shape index (κ2) is 17.7. The van der Waals surface area contributed by atoms with Gasteiger partial charge in [-0.15, -0.1) is 0 Å². The molecule has 0 bridgehead atoms. The molecule has 0 saturated carbocycles. The molecule has 0 N–H and O–H groups in total. The Kier molecular flexibility index (Phi) is 14.4. The molecule has 232 valence electrons. The largest absolute Gasteiger partial charge is 0.439 e. The molecule has 3 aromatic carbocycles. The first-order valence-corrected chi connectivity index (χ1v) is 15.4. The second-order valence-corrected chi connectivity index (χ2v) is 11.4. The Morgan fingerprint density at radius 1 is 0.721 bits per heavy atom. The van der Waals surface area contributed by atoms with E-state index < -0.39 is 35.3 Å². The number of benzene rings is 3. The number of nitrogens with zero attached hydrogens (tertiary/aromatic N) is 1. The SMILES string of the molecule is CCCCc1ccc(N(CC(OC)C(Cl)OC(=O)c2ccccc2Cl)CC(OC)C(Cl)OC(=O)c2ccccc2Cl)cc1. The lowest BCUT2D eigenvalue weighted by molar-refractivity contribution is -0.00939. The Bertz CT molecular complexity index is 1250. The molecule has 0 aliphatic carbocycles. The summed E-state index contributed by atoms with van der Waals surface area (Å²) in [5.74, 6) is -1.36. The van der Waals surface area contributed by atoms with E-state index in [9.17, 15) is 9.59 Å². The van der Waals surface area contributed by atoms with Crippen LogP contribution in [0.5, 0.6) is 0 Å². The molecular formula is C32H35Cl4NO6. The minimum absolute atomic E-state index is 0.177. The maximum atomic E-state index is 12.8. The number of carbonyl (C=O) groups is 2. The predicted octanol–water partition coefficient (Wildman–Crippen LogP) is 8.02. The van der Waals surface area contributed by atoms with E-state index in [1.165, 1.54) is 19.8 Å². The van der Waals surface area contributed by atoms with E-state index in [2.05, 4.69) is 6.92 Å². The van der Waals surface area contributed by atoms with Gasteiger partial charge in [-0.1, -0.05) is 96.1 Å². The predicted molar refractivity (Wildman–Crippen MR) is 172 cm³/mol. The molecule has 3 rings (SSSR count). The van der Waals surface area contributed by atoms with Crippen LogP contribution in [-0.4, -0.2) is 62.6 Å². The lowest BCUT2D eigenvalue weighted by Crippen LogP contribution is -2.46. The Morgan fingerprint density at radius 2 is 1.16 bits per heavy atom. The standard InChI is InChI=1S/C32H35Cl4NO6/c1-4-5-10-21-15-17-22(18-16-21)37(19-27(40-2)29(35)42-31(38)23-11-6-8-13-25(23)33)20-28(41-3)30(36)43-32(39)24-12-7-9-14-26(24)34/h6-9,11-18,27-30H,4-5,10,19-20H2,1-3H3.